The summed E-state index contributed by atoms with van der Waals surface area (Å²) in [5.41, 5.74) is 2.42. The van der Waals surface area contributed by atoms with Crippen LogP contribution in [0.1, 0.15) is 35.3 Å². The second kappa shape index (κ2) is 5.66. The lowest BCUT2D eigenvalue weighted by Crippen LogP contribution is -2.32. The molecule has 0 aliphatic heterocycles. The van der Waals surface area contributed by atoms with E-state index >= 15 is 0 Å². The Morgan fingerprint density at radius 2 is 2.00 bits per heavy atom. The largest absolute Gasteiger partial charge is 0.378 e. The van der Waals surface area contributed by atoms with E-state index < -0.39 is 12.0 Å². The number of carbonyl (C=O) groups excluding carboxylic acids is 1. The van der Waals surface area contributed by atoms with Gasteiger partial charge in [0.2, 0.25) is 0 Å². The third kappa shape index (κ3) is 2.81. The van der Waals surface area contributed by atoms with Crippen LogP contribution >= 0.6 is 0 Å². The maximum atomic E-state index is 13.2. The molecule has 4 heteroatoms. The first-order chi connectivity index (χ1) is 10.1. The van der Waals surface area contributed by atoms with E-state index in [9.17, 15) is 14.3 Å². The van der Waals surface area contributed by atoms with Gasteiger partial charge in [0.25, 0.3) is 5.91 Å². The van der Waals surface area contributed by atoms with Gasteiger partial charge in [-0.25, -0.2) is 4.39 Å². The third-order valence-corrected chi connectivity index (χ3v) is 3.86. The van der Waals surface area contributed by atoms with Crippen LogP contribution in [-0.2, 0) is 11.2 Å². The van der Waals surface area contributed by atoms with Crippen molar-refractivity contribution in [3.05, 3.63) is 71.0 Å². The maximum absolute atomic E-state index is 13.2. The predicted octanol–water partition coefficient (Wildman–Crippen LogP) is 2.66. The molecule has 0 radical (unpaired) electrons. The Bertz CT molecular complexity index is 657. The van der Waals surface area contributed by atoms with Crippen molar-refractivity contribution in [2.75, 3.05) is 0 Å². The number of hydrogen-bond acceptors (Lipinski definition) is 2. The van der Waals surface area contributed by atoms with E-state index in [0.717, 1.165) is 24.0 Å². The molecule has 0 spiro atoms. The molecule has 2 aromatic carbocycles. The number of aliphatic hydroxyl groups excluding tert-OH is 1. The fourth-order valence-electron chi connectivity index (χ4n) is 2.77. The molecule has 1 aliphatic carbocycles. The fraction of sp³-hybridized carbons (Fsp3) is 0.235. The minimum absolute atomic E-state index is 0.161. The van der Waals surface area contributed by atoms with Crippen LogP contribution in [0.3, 0.4) is 0 Å². The number of rotatable bonds is 3. The fourth-order valence-corrected chi connectivity index (χ4v) is 2.77. The number of halogens is 1. The number of aliphatic hydroxyl groups is 1. The van der Waals surface area contributed by atoms with E-state index in [1.54, 1.807) is 30.3 Å². The van der Waals surface area contributed by atoms with Crippen molar-refractivity contribution in [1.82, 2.24) is 5.32 Å². The Labute approximate surface area is 122 Å². The quantitative estimate of drug-likeness (QED) is 0.911. The van der Waals surface area contributed by atoms with E-state index in [4.69, 9.17) is 0 Å². The highest BCUT2D eigenvalue weighted by Crippen LogP contribution is 2.32. The minimum atomic E-state index is -1.18. The molecule has 2 atom stereocenters. The number of benzene rings is 2. The van der Waals surface area contributed by atoms with Crippen molar-refractivity contribution in [2.24, 2.45) is 0 Å². The Morgan fingerprint density at radius 1 is 1.24 bits per heavy atom. The lowest BCUT2D eigenvalue weighted by atomic mass is 10.1. The van der Waals surface area contributed by atoms with Crippen LogP contribution in [0.4, 0.5) is 4.39 Å². The molecular weight excluding hydrogens is 269 g/mol. The molecule has 21 heavy (non-hydrogen) atoms. The molecule has 0 bridgehead atoms. The second-order valence-corrected chi connectivity index (χ2v) is 5.26. The highest BCUT2D eigenvalue weighted by molar-refractivity contribution is 5.82. The van der Waals surface area contributed by atoms with Gasteiger partial charge in [-0.3, -0.25) is 4.79 Å². The van der Waals surface area contributed by atoms with Gasteiger partial charge in [0, 0.05) is 0 Å². The molecule has 0 aromatic heterocycles. The average Bonchev–Trinajstić information content (AvgIpc) is 2.89. The molecule has 1 aliphatic rings. The van der Waals surface area contributed by atoms with Crippen molar-refractivity contribution < 1.29 is 14.3 Å². The average molecular weight is 285 g/mol. The normalized spacial score (nSPS) is 18.1. The van der Waals surface area contributed by atoms with Crippen LogP contribution in [0.5, 0.6) is 0 Å². The van der Waals surface area contributed by atoms with E-state index in [0.29, 0.717) is 5.56 Å². The molecular formula is C17H16FNO2. The monoisotopic (exact) mass is 285 g/mol. The molecule has 2 N–H and O–H groups in total. The number of hydrogen-bond donors (Lipinski definition) is 2. The van der Waals surface area contributed by atoms with E-state index in [2.05, 4.69) is 5.32 Å². The zero-order chi connectivity index (χ0) is 14.8. The molecule has 108 valence electrons. The first-order valence-electron chi connectivity index (χ1n) is 6.97. The standard InChI is InChI=1S/C17H16FNO2/c18-13-7-8-14-12(10-13)6-9-15(14)19-17(21)16(20)11-4-2-1-3-5-11/h1-5,7-8,10,15-16,20H,6,9H2,(H,19,21)/t15?,16-/m0/s1. The number of carbonyl (C=O) groups is 1. The summed E-state index contributed by atoms with van der Waals surface area (Å²) < 4.78 is 13.2. The van der Waals surface area contributed by atoms with Crippen molar-refractivity contribution in [2.45, 2.75) is 25.0 Å². The summed E-state index contributed by atoms with van der Waals surface area (Å²) in [6, 6.07) is 13.3. The van der Waals surface area contributed by atoms with Crippen LogP contribution < -0.4 is 5.32 Å². The van der Waals surface area contributed by atoms with Crippen molar-refractivity contribution in [1.29, 1.82) is 0 Å². The van der Waals surface area contributed by atoms with Gasteiger partial charge < -0.3 is 10.4 Å². The van der Waals surface area contributed by atoms with Gasteiger partial charge in [-0.05, 0) is 41.7 Å². The Hall–Kier alpha value is -2.20. The van der Waals surface area contributed by atoms with Crippen molar-refractivity contribution in [3.8, 4) is 0 Å². The van der Waals surface area contributed by atoms with Gasteiger partial charge >= 0.3 is 0 Å². The summed E-state index contributed by atoms with van der Waals surface area (Å²) >= 11 is 0. The van der Waals surface area contributed by atoms with Gasteiger partial charge in [0.05, 0.1) is 6.04 Å². The van der Waals surface area contributed by atoms with Crippen LogP contribution in [0.2, 0.25) is 0 Å². The molecule has 0 saturated heterocycles. The summed E-state index contributed by atoms with van der Waals surface area (Å²) in [6.07, 6.45) is 0.279. The predicted molar refractivity (Wildman–Crippen MR) is 77.0 cm³/mol. The highest BCUT2D eigenvalue weighted by Gasteiger charge is 2.27. The number of amides is 1. The van der Waals surface area contributed by atoms with Gasteiger partial charge in [-0.1, -0.05) is 36.4 Å². The molecule has 0 fully saturated rings. The zero-order valence-corrected chi connectivity index (χ0v) is 11.4. The minimum Gasteiger partial charge on any atom is -0.378 e. The van der Waals surface area contributed by atoms with Gasteiger partial charge in [-0.2, -0.15) is 0 Å². The van der Waals surface area contributed by atoms with Gasteiger partial charge in [0.1, 0.15) is 5.82 Å². The Kier molecular flexibility index (Phi) is 3.71. The summed E-state index contributed by atoms with van der Waals surface area (Å²) in [5, 5.41) is 12.9. The lowest BCUT2D eigenvalue weighted by Gasteiger charge is -2.17. The summed E-state index contributed by atoms with van der Waals surface area (Å²) in [5.74, 6) is -0.687. The molecule has 3 rings (SSSR count). The molecule has 2 aromatic rings. The van der Waals surface area contributed by atoms with Gasteiger partial charge in [0.15, 0.2) is 6.10 Å². The number of nitrogens with one attached hydrogen (secondary N) is 1. The number of aryl methyl sites for hydroxylation is 1. The van der Waals surface area contributed by atoms with Crippen LogP contribution in [-0.4, -0.2) is 11.0 Å². The van der Waals surface area contributed by atoms with Crippen molar-refractivity contribution >= 4 is 5.91 Å². The summed E-state index contributed by atoms with van der Waals surface area (Å²) in [7, 11) is 0. The smallest absolute Gasteiger partial charge is 0.253 e. The van der Waals surface area contributed by atoms with Gasteiger partial charge in [-0.15, -0.1) is 0 Å². The zero-order valence-electron chi connectivity index (χ0n) is 11.4. The molecule has 1 unspecified atom stereocenters. The Morgan fingerprint density at radius 3 is 2.76 bits per heavy atom. The summed E-state index contributed by atoms with van der Waals surface area (Å²) in [4.78, 5) is 12.1. The third-order valence-electron chi connectivity index (χ3n) is 3.86. The number of fused-ring (bicyclic) bond motifs is 1. The molecule has 3 nitrogen and oxygen atoms in total. The van der Waals surface area contributed by atoms with Crippen LogP contribution in [0.25, 0.3) is 0 Å². The molecule has 0 saturated carbocycles. The maximum Gasteiger partial charge on any atom is 0.253 e. The van der Waals surface area contributed by atoms with E-state index in [1.807, 2.05) is 6.07 Å². The first kappa shape index (κ1) is 13.8. The second-order valence-electron chi connectivity index (χ2n) is 5.26. The van der Waals surface area contributed by atoms with E-state index in [1.165, 1.54) is 12.1 Å². The summed E-state index contributed by atoms with van der Waals surface area (Å²) in [6.45, 7) is 0. The van der Waals surface area contributed by atoms with Crippen molar-refractivity contribution in [3.63, 3.8) is 0 Å². The highest BCUT2D eigenvalue weighted by atomic mass is 19.1. The van der Waals surface area contributed by atoms with Crippen LogP contribution in [0, 0.1) is 5.82 Å². The SMILES string of the molecule is O=C(NC1CCc2cc(F)ccc21)[C@@H](O)c1ccccc1. The molecule has 0 heterocycles. The van der Waals surface area contributed by atoms with Crippen LogP contribution in [0.15, 0.2) is 48.5 Å². The lowest BCUT2D eigenvalue weighted by molar-refractivity contribution is -0.130. The molecule has 1 amide bonds. The van der Waals surface area contributed by atoms with E-state index in [-0.39, 0.29) is 11.9 Å². The first-order valence-corrected chi connectivity index (χ1v) is 6.97. The topological polar surface area (TPSA) is 49.3 Å². The Balaban J connectivity index is 1.72.